The van der Waals surface area contributed by atoms with Crippen LogP contribution in [-0.4, -0.2) is 46.6 Å². The molecule has 5 aliphatic rings. The molecule has 0 amide bonds. The monoisotopic (exact) mass is 546 g/mol. The molecule has 0 saturated heterocycles. The maximum atomic E-state index is 12.6. The van der Waals surface area contributed by atoms with Crippen molar-refractivity contribution in [3.8, 4) is 0 Å². The van der Waals surface area contributed by atoms with Gasteiger partial charge in [0.05, 0.1) is 12.2 Å². The van der Waals surface area contributed by atoms with Crippen LogP contribution in [-0.2, 0) is 19.1 Å². The van der Waals surface area contributed by atoms with Gasteiger partial charge < -0.3 is 19.7 Å². The Morgan fingerprint density at radius 2 is 1.67 bits per heavy atom. The Kier molecular flexibility index (Phi) is 8.48. The van der Waals surface area contributed by atoms with Crippen molar-refractivity contribution in [1.82, 2.24) is 0 Å². The van der Waals surface area contributed by atoms with Gasteiger partial charge in [-0.2, -0.15) is 0 Å². The Balaban J connectivity index is 1.15. The van der Waals surface area contributed by atoms with Crippen molar-refractivity contribution in [2.24, 2.45) is 46.3 Å². The number of fused-ring (bicyclic) bond motifs is 5. The van der Waals surface area contributed by atoms with Crippen LogP contribution in [0.25, 0.3) is 0 Å². The summed E-state index contributed by atoms with van der Waals surface area (Å²) in [6.45, 7) is 8.80. The molecule has 5 saturated carbocycles. The fourth-order valence-electron chi connectivity index (χ4n) is 10.7. The summed E-state index contributed by atoms with van der Waals surface area (Å²) in [6.07, 6.45) is 13.9. The maximum Gasteiger partial charge on any atom is 0.344 e. The molecule has 2 N–H and O–H groups in total. The molecule has 6 heteroatoms. The van der Waals surface area contributed by atoms with Gasteiger partial charge in [0.15, 0.2) is 6.61 Å². The minimum Gasteiger partial charge on any atom is -0.457 e. The molecule has 0 heterocycles. The normalized spacial score (nSPS) is 43.6. The van der Waals surface area contributed by atoms with E-state index in [2.05, 4.69) is 27.7 Å². The molecular weight excluding hydrogens is 492 g/mol. The van der Waals surface area contributed by atoms with Gasteiger partial charge in [-0.3, -0.25) is 4.79 Å². The smallest absolute Gasteiger partial charge is 0.344 e. The van der Waals surface area contributed by atoms with Crippen LogP contribution < -0.4 is 0 Å². The van der Waals surface area contributed by atoms with E-state index in [1.807, 2.05) is 0 Å². The number of hydrogen-bond donors (Lipinski definition) is 2. The summed E-state index contributed by atoms with van der Waals surface area (Å²) in [5, 5.41) is 22.1. The van der Waals surface area contributed by atoms with Gasteiger partial charge in [0, 0.05) is 6.42 Å². The number of aliphatic hydroxyl groups excluding tert-OH is 2. The number of esters is 2. The Bertz CT molecular complexity index is 897. The summed E-state index contributed by atoms with van der Waals surface area (Å²) in [6, 6.07) is 0. The van der Waals surface area contributed by atoms with Crippen molar-refractivity contribution in [1.29, 1.82) is 0 Å². The van der Waals surface area contributed by atoms with E-state index in [-0.39, 0.29) is 41.2 Å². The number of ether oxygens (including phenoxy) is 2. The zero-order valence-electron chi connectivity index (χ0n) is 25.0. The van der Waals surface area contributed by atoms with E-state index in [9.17, 15) is 19.8 Å². The van der Waals surface area contributed by atoms with Crippen LogP contribution in [0.4, 0.5) is 0 Å². The molecule has 0 aromatic carbocycles. The molecular formula is C33H54O6. The summed E-state index contributed by atoms with van der Waals surface area (Å²) < 4.78 is 11.1. The first kappa shape index (κ1) is 29.4. The molecule has 5 fully saturated rings. The van der Waals surface area contributed by atoms with Gasteiger partial charge in [0.1, 0.15) is 5.60 Å². The second-order valence-corrected chi connectivity index (χ2v) is 14.8. The summed E-state index contributed by atoms with van der Waals surface area (Å²) in [5.41, 5.74) is -0.226. The molecule has 10 atom stereocenters. The first-order chi connectivity index (χ1) is 18.5. The minimum absolute atomic E-state index is 0.110. The highest BCUT2D eigenvalue weighted by Gasteiger charge is 2.63. The molecule has 222 valence electrons. The van der Waals surface area contributed by atoms with Crippen LogP contribution in [0, 0.1) is 46.3 Å². The van der Waals surface area contributed by atoms with Crippen LogP contribution in [0.2, 0.25) is 0 Å². The molecule has 9 unspecified atom stereocenters. The number of aliphatic hydroxyl groups is 2. The molecule has 0 aromatic heterocycles. The molecule has 0 bridgehead atoms. The summed E-state index contributed by atoms with van der Waals surface area (Å²) in [7, 11) is 0. The third-order valence-electron chi connectivity index (χ3n) is 13.1. The minimum atomic E-state index is -0.429. The predicted octanol–water partition coefficient (Wildman–Crippen LogP) is 6.20. The largest absolute Gasteiger partial charge is 0.457 e. The quantitative estimate of drug-likeness (QED) is 0.352. The first-order valence-electron chi connectivity index (χ1n) is 16.3. The topological polar surface area (TPSA) is 93.1 Å². The van der Waals surface area contributed by atoms with Crippen molar-refractivity contribution in [3.05, 3.63) is 0 Å². The standard InChI is InChI=1S/C33H54O6/c1-5-33(15-6-7-16-33)39-30(37)20-38-29(36)13-8-21(2)25-11-12-26-24-10-9-22-18-23(34)14-17-31(22,3)27(24)19-28(35)32(25,26)4/h21-28,34-35H,5-20H2,1-4H3/t21?,22-,23?,24?,25?,26?,27?,28?,31?,32?/m0/s1. The van der Waals surface area contributed by atoms with Crippen LogP contribution in [0.15, 0.2) is 0 Å². The third-order valence-corrected chi connectivity index (χ3v) is 13.1. The van der Waals surface area contributed by atoms with Crippen LogP contribution in [0.5, 0.6) is 0 Å². The Hall–Kier alpha value is -1.14. The van der Waals surface area contributed by atoms with Gasteiger partial charge in [-0.25, -0.2) is 4.79 Å². The molecule has 0 aromatic rings. The van der Waals surface area contributed by atoms with Crippen molar-refractivity contribution >= 4 is 11.9 Å². The number of carbonyl (C=O) groups is 2. The van der Waals surface area contributed by atoms with Crippen LogP contribution >= 0.6 is 0 Å². The fraction of sp³-hybridized carbons (Fsp3) is 0.939. The lowest BCUT2D eigenvalue weighted by Gasteiger charge is -2.62. The molecule has 5 aliphatic carbocycles. The zero-order chi connectivity index (χ0) is 28.0. The van der Waals surface area contributed by atoms with Gasteiger partial charge in [-0.1, -0.05) is 27.7 Å². The first-order valence-corrected chi connectivity index (χ1v) is 16.3. The average Bonchev–Trinajstić information content (AvgIpc) is 3.52. The van der Waals surface area contributed by atoms with Crippen molar-refractivity contribution in [2.75, 3.05) is 6.61 Å². The van der Waals surface area contributed by atoms with Crippen molar-refractivity contribution in [2.45, 2.75) is 142 Å². The molecule has 5 rings (SSSR count). The van der Waals surface area contributed by atoms with E-state index in [0.717, 1.165) is 70.6 Å². The van der Waals surface area contributed by atoms with Gasteiger partial charge >= 0.3 is 11.9 Å². The van der Waals surface area contributed by atoms with E-state index in [4.69, 9.17) is 9.47 Å². The molecule has 0 spiro atoms. The van der Waals surface area contributed by atoms with Gasteiger partial charge in [-0.05, 0) is 136 Å². The fourth-order valence-corrected chi connectivity index (χ4v) is 10.7. The molecule has 39 heavy (non-hydrogen) atoms. The van der Waals surface area contributed by atoms with E-state index >= 15 is 0 Å². The highest BCUT2D eigenvalue weighted by Crippen LogP contribution is 2.68. The van der Waals surface area contributed by atoms with E-state index in [1.54, 1.807) is 0 Å². The highest BCUT2D eigenvalue weighted by atomic mass is 16.6. The van der Waals surface area contributed by atoms with Crippen molar-refractivity contribution < 1.29 is 29.3 Å². The number of carbonyl (C=O) groups excluding carboxylic acids is 2. The summed E-state index contributed by atoms with van der Waals surface area (Å²) in [5.74, 6) is 2.28. The number of rotatable bonds is 8. The van der Waals surface area contributed by atoms with E-state index in [1.165, 1.54) is 19.3 Å². The van der Waals surface area contributed by atoms with E-state index in [0.29, 0.717) is 41.9 Å². The van der Waals surface area contributed by atoms with Crippen LogP contribution in [0.1, 0.15) is 124 Å². The lowest BCUT2D eigenvalue weighted by atomic mass is 9.43. The number of hydrogen-bond acceptors (Lipinski definition) is 6. The second-order valence-electron chi connectivity index (χ2n) is 14.8. The van der Waals surface area contributed by atoms with Crippen LogP contribution in [0.3, 0.4) is 0 Å². The zero-order valence-corrected chi connectivity index (χ0v) is 25.0. The summed E-state index contributed by atoms with van der Waals surface area (Å²) >= 11 is 0. The second kappa shape index (κ2) is 11.3. The molecule has 6 nitrogen and oxygen atoms in total. The SMILES string of the molecule is CCC1(OC(=O)COC(=O)CCC(C)C2CCC3C4CC[C@H]5CC(O)CCC5(C)C4CC(O)C23C)CCCC1. The maximum absolute atomic E-state index is 12.6. The van der Waals surface area contributed by atoms with Crippen molar-refractivity contribution in [3.63, 3.8) is 0 Å². The van der Waals surface area contributed by atoms with Gasteiger partial charge in [0.2, 0.25) is 0 Å². The lowest BCUT2D eigenvalue weighted by molar-refractivity contribution is -0.175. The summed E-state index contributed by atoms with van der Waals surface area (Å²) in [4.78, 5) is 24.9. The molecule has 0 aliphatic heterocycles. The average molecular weight is 547 g/mol. The Labute approximate surface area is 236 Å². The molecule has 0 radical (unpaired) electrons. The Morgan fingerprint density at radius 1 is 0.923 bits per heavy atom. The lowest BCUT2D eigenvalue weighted by Crippen LogP contribution is -2.58. The predicted molar refractivity (Wildman–Crippen MR) is 150 cm³/mol. The Morgan fingerprint density at radius 3 is 2.38 bits per heavy atom. The highest BCUT2D eigenvalue weighted by molar-refractivity contribution is 5.76. The van der Waals surface area contributed by atoms with E-state index < -0.39 is 5.97 Å². The van der Waals surface area contributed by atoms with Gasteiger partial charge in [-0.15, -0.1) is 0 Å². The van der Waals surface area contributed by atoms with Gasteiger partial charge in [0.25, 0.3) is 0 Å². The third kappa shape index (κ3) is 5.31.